The molecule has 1 aromatic rings. The van der Waals surface area contributed by atoms with Crippen molar-refractivity contribution in [2.75, 3.05) is 33.2 Å². The highest BCUT2D eigenvalue weighted by molar-refractivity contribution is 9.10. The van der Waals surface area contributed by atoms with E-state index in [9.17, 15) is 9.18 Å². The van der Waals surface area contributed by atoms with Crippen LogP contribution in [0.15, 0.2) is 22.7 Å². The molecular weight excluding hydrogens is 287 g/mol. The van der Waals surface area contributed by atoms with Gasteiger partial charge in [0.2, 0.25) is 0 Å². The molecule has 0 bridgehead atoms. The van der Waals surface area contributed by atoms with Crippen LogP contribution in [0, 0.1) is 5.82 Å². The van der Waals surface area contributed by atoms with Gasteiger partial charge in [-0.3, -0.25) is 4.79 Å². The highest BCUT2D eigenvalue weighted by Crippen LogP contribution is 2.20. The Morgan fingerprint density at radius 1 is 1.29 bits per heavy atom. The molecule has 3 nitrogen and oxygen atoms in total. The van der Waals surface area contributed by atoms with E-state index in [1.165, 1.54) is 6.07 Å². The Morgan fingerprint density at radius 2 is 1.94 bits per heavy atom. The zero-order chi connectivity index (χ0) is 12.4. The first kappa shape index (κ1) is 12.5. The second kappa shape index (κ2) is 5.14. The zero-order valence-electron chi connectivity index (χ0n) is 9.62. The third kappa shape index (κ3) is 2.66. The van der Waals surface area contributed by atoms with Crippen LogP contribution < -0.4 is 0 Å². The summed E-state index contributed by atoms with van der Waals surface area (Å²) in [7, 11) is 2.02. The smallest absolute Gasteiger partial charge is 0.256 e. The Bertz CT molecular complexity index is 431. The number of halogens is 2. The predicted molar refractivity (Wildman–Crippen MR) is 67.5 cm³/mol. The molecule has 0 aliphatic carbocycles. The predicted octanol–water partition coefficient (Wildman–Crippen LogP) is 1.98. The van der Waals surface area contributed by atoms with Gasteiger partial charge < -0.3 is 9.80 Å². The van der Waals surface area contributed by atoms with E-state index in [4.69, 9.17) is 0 Å². The van der Waals surface area contributed by atoms with Crippen molar-refractivity contribution in [3.05, 3.63) is 34.1 Å². The highest BCUT2D eigenvalue weighted by Gasteiger charge is 2.23. The van der Waals surface area contributed by atoms with Gasteiger partial charge in [0, 0.05) is 26.2 Å². The summed E-state index contributed by atoms with van der Waals surface area (Å²) in [6.45, 7) is 2.98. The molecule has 0 unspecified atom stereocenters. The second-order valence-electron chi connectivity index (χ2n) is 4.20. The van der Waals surface area contributed by atoms with E-state index in [0.717, 1.165) is 13.1 Å². The number of hydrogen-bond donors (Lipinski definition) is 0. The van der Waals surface area contributed by atoms with Gasteiger partial charge in [-0.1, -0.05) is 6.07 Å². The van der Waals surface area contributed by atoms with E-state index in [0.29, 0.717) is 17.6 Å². The van der Waals surface area contributed by atoms with Crippen LogP contribution in [-0.4, -0.2) is 48.9 Å². The van der Waals surface area contributed by atoms with Crippen molar-refractivity contribution in [2.45, 2.75) is 0 Å². The van der Waals surface area contributed by atoms with E-state index < -0.39 is 5.82 Å². The van der Waals surface area contributed by atoms with Crippen LogP contribution >= 0.6 is 15.9 Å². The van der Waals surface area contributed by atoms with E-state index in [2.05, 4.69) is 20.8 Å². The largest absolute Gasteiger partial charge is 0.336 e. The molecule has 0 aromatic heterocycles. The first-order valence-electron chi connectivity index (χ1n) is 5.51. The number of benzene rings is 1. The fourth-order valence-electron chi connectivity index (χ4n) is 1.85. The Labute approximate surface area is 108 Å². The van der Waals surface area contributed by atoms with Gasteiger partial charge in [0.15, 0.2) is 0 Å². The van der Waals surface area contributed by atoms with Gasteiger partial charge in [-0.15, -0.1) is 0 Å². The van der Waals surface area contributed by atoms with Crippen molar-refractivity contribution < 1.29 is 9.18 Å². The van der Waals surface area contributed by atoms with Crippen LogP contribution in [0.5, 0.6) is 0 Å². The molecule has 0 radical (unpaired) electrons. The molecule has 5 heteroatoms. The molecular formula is C12H14BrFN2O. The molecule has 1 aliphatic rings. The summed E-state index contributed by atoms with van der Waals surface area (Å²) in [6.07, 6.45) is 0. The zero-order valence-corrected chi connectivity index (χ0v) is 11.2. The van der Waals surface area contributed by atoms with Gasteiger partial charge in [-0.25, -0.2) is 4.39 Å². The molecule has 1 saturated heterocycles. The normalized spacial score (nSPS) is 17.2. The summed E-state index contributed by atoms with van der Waals surface area (Å²) >= 11 is 3.09. The van der Waals surface area contributed by atoms with E-state index in [1.807, 2.05) is 7.05 Å². The van der Waals surface area contributed by atoms with Gasteiger partial charge in [-0.05, 0) is 35.1 Å². The van der Waals surface area contributed by atoms with Crippen molar-refractivity contribution in [3.8, 4) is 0 Å². The fourth-order valence-corrected chi connectivity index (χ4v) is 2.22. The monoisotopic (exact) mass is 300 g/mol. The average Bonchev–Trinajstić information content (AvgIpc) is 2.33. The molecule has 1 aromatic carbocycles. The number of amides is 1. The van der Waals surface area contributed by atoms with E-state index in [1.54, 1.807) is 17.0 Å². The van der Waals surface area contributed by atoms with Crippen LogP contribution in [0.4, 0.5) is 4.39 Å². The summed E-state index contributed by atoms with van der Waals surface area (Å²) in [6, 6.07) is 4.80. The van der Waals surface area contributed by atoms with E-state index in [-0.39, 0.29) is 11.5 Å². The Balaban J connectivity index is 2.17. The lowest BCUT2D eigenvalue weighted by Crippen LogP contribution is -2.47. The summed E-state index contributed by atoms with van der Waals surface area (Å²) in [5.74, 6) is -0.701. The van der Waals surface area contributed by atoms with Crippen LogP contribution in [0.25, 0.3) is 0 Å². The minimum Gasteiger partial charge on any atom is -0.336 e. The van der Waals surface area contributed by atoms with Gasteiger partial charge in [0.1, 0.15) is 5.82 Å². The number of carbonyl (C=O) groups excluding carboxylic acids is 1. The summed E-state index contributed by atoms with van der Waals surface area (Å²) in [4.78, 5) is 16.0. The first-order chi connectivity index (χ1) is 8.09. The molecule has 0 saturated carbocycles. The van der Waals surface area contributed by atoms with Crippen molar-refractivity contribution in [3.63, 3.8) is 0 Å². The maximum atomic E-state index is 13.8. The lowest BCUT2D eigenvalue weighted by molar-refractivity contribution is 0.0659. The van der Waals surface area contributed by atoms with Crippen LogP contribution in [0.1, 0.15) is 10.4 Å². The number of hydrogen-bond acceptors (Lipinski definition) is 2. The van der Waals surface area contributed by atoms with Gasteiger partial charge >= 0.3 is 0 Å². The van der Waals surface area contributed by atoms with Crippen LogP contribution in [-0.2, 0) is 0 Å². The van der Waals surface area contributed by atoms with Crippen molar-refractivity contribution in [2.24, 2.45) is 0 Å². The van der Waals surface area contributed by atoms with Gasteiger partial charge in [0.05, 0.1) is 10.0 Å². The molecule has 0 N–H and O–H groups in total. The average molecular weight is 301 g/mol. The van der Waals surface area contributed by atoms with Gasteiger partial charge in [-0.2, -0.15) is 0 Å². The molecule has 92 valence electrons. The summed E-state index contributed by atoms with van der Waals surface area (Å²) in [5.41, 5.74) is 0.143. The molecule has 1 fully saturated rings. The standard InChI is InChI=1S/C12H14BrFN2O/c1-15-5-7-16(8-6-15)12(17)9-3-2-4-10(13)11(9)14/h2-4H,5-8H2,1H3. The topological polar surface area (TPSA) is 23.6 Å². The first-order valence-corrected chi connectivity index (χ1v) is 6.30. The van der Waals surface area contributed by atoms with Crippen molar-refractivity contribution in [1.29, 1.82) is 0 Å². The van der Waals surface area contributed by atoms with E-state index >= 15 is 0 Å². The molecule has 17 heavy (non-hydrogen) atoms. The molecule has 0 atom stereocenters. The quantitative estimate of drug-likeness (QED) is 0.792. The molecule has 1 amide bonds. The minimum atomic E-state index is -0.476. The second-order valence-corrected chi connectivity index (χ2v) is 5.05. The Hall–Kier alpha value is -0.940. The third-order valence-electron chi connectivity index (χ3n) is 2.97. The minimum absolute atomic E-state index is 0.143. The number of nitrogens with zero attached hydrogens (tertiary/aromatic N) is 2. The molecule has 1 aliphatic heterocycles. The lowest BCUT2D eigenvalue weighted by Gasteiger charge is -2.32. The molecule has 2 rings (SSSR count). The number of carbonyl (C=O) groups is 1. The van der Waals surface area contributed by atoms with Crippen LogP contribution in [0.2, 0.25) is 0 Å². The van der Waals surface area contributed by atoms with Crippen molar-refractivity contribution >= 4 is 21.8 Å². The van der Waals surface area contributed by atoms with Crippen LogP contribution in [0.3, 0.4) is 0 Å². The molecule has 0 spiro atoms. The number of rotatable bonds is 1. The molecule has 1 heterocycles. The SMILES string of the molecule is CN1CCN(C(=O)c2cccc(Br)c2F)CC1. The Morgan fingerprint density at radius 3 is 2.59 bits per heavy atom. The van der Waals surface area contributed by atoms with Crippen molar-refractivity contribution in [1.82, 2.24) is 9.80 Å². The maximum absolute atomic E-state index is 13.8. The third-order valence-corrected chi connectivity index (χ3v) is 3.58. The fraction of sp³-hybridized carbons (Fsp3) is 0.417. The Kier molecular flexibility index (Phi) is 3.79. The summed E-state index contributed by atoms with van der Waals surface area (Å²) < 4.78 is 14.1. The van der Waals surface area contributed by atoms with Gasteiger partial charge in [0.25, 0.3) is 5.91 Å². The summed E-state index contributed by atoms with van der Waals surface area (Å²) in [5, 5.41) is 0. The number of likely N-dealkylation sites (N-methyl/N-ethyl adjacent to an activating group) is 1. The maximum Gasteiger partial charge on any atom is 0.256 e. The lowest BCUT2D eigenvalue weighted by atomic mass is 10.1. The highest BCUT2D eigenvalue weighted by atomic mass is 79.9. The number of piperazine rings is 1.